The largest absolute Gasteiger partial charge is 0.391 e. The summed E-state index contributed by atoms with van der Waals surface area (Å²) < 4.78 is 2.09. The first-order valence-electron chi connectivity index (χ1n) is 13.3. The highest BCUT2D eigenvalue weighted by atomic mass is 16.3. The van der Waals surface area contributed by atoms with Gasteiger partial charge in [-0.25, -0.2) is 24.9 Å². The molecule has 0 unspecified atom stereocenters. The topological polar surface area (TPSA) is 121 Å². The summed E-state index contributed by atoms with van der Waals surface area (Å²) in [6.45, 7) is 4.64. The molecule has 0 radical (unpaired) electrons. The molecule has 6 atom stereocenters. The third-order valence-corrected chi connectivity index (χ3v) is 8.12. The molecule has 2 saturated carbocycles. The normalized spacial score (nSPS) is 28.0. The molecule has 0 bridgehead atoms. The van der Waals surface area contributed by atoms with Crippen molar-refractivity contribution in [2.75, 3.05) is 16.8 Å². The lowest BCUT2D eigenvalue weighted by atomic mass is 10.1. The third kappa shape index (κ3) is 4.28. The van der Waals surface area contributed by atoms with Crippen LogP contribution >= 0.6 is 0 Å². The summed E-state index contributed by atoms with van der Waals surface area (Å²) in [6.07, 6.45) is 9.45. The summed E-state index contributed by atoms with van der Waals surface area (Å²) in [7, 11) is 0. The van der Waals surface area contributed by atoms with E-state index >= 15 is 0 Å². The number of nitrogens with one attached hydrogen (secondary N) is 1. The fourth-order valence-electron chi connectivity index (χ4n) is 5.75. The fraction of sp³-hybridized carbons (Fsp3) is 0.429. The molecule has 0 aromatic carbocycles. The van der Waals surface area contributed by atoms with Gasteiger partial charge in [-0.05, 0) is 49.3 Å². The number of imidazole rings is 1. The molecule has 2 N–H and O–H groups in total. The molecule has 7 rings (SSSR count). The smallest absolute Gasteiger partial charge is 0.229 e. The Balaban J connectivity index is 1.09. The number of anilines is 2. The van der Waals surface area contributed by atoms with Crippen LogP contribution in [-0.4, -0.2) is 53.0 Å². The quantitative estimate of drug-likeness (QED) is 0.405. The Bertz CT molecular complexity index is 1540. The molecule has 1 saturated heterocycles. The van der Waals surface area contributed by atoms with Crippen molar-refractivity contribution in [3.8, 4) is 0 Å². The molecule has 5 heterocycles. The minimum atomic E-state index is -0.498. The van der Waals surface area contributed by atoms with E-state index in [2.05, 4.69) is 61.1 Å². The summed E-state index contributed by atoms with van der Waals surface area (Å²) in [4.78, 5) is 37.4. The van der Waals surface area contributed by atoms with Crippen LogP contribution in [0.5, 0.6) is 0 Å². The second-order valence-electron chi connectivity index (χ2n) is 11.0. The van der Waals surface area contributed by atoms with Gasteiger partial charge in [-0.2, -0.15) is 0 Å². The summed E-state index contributed by atoms with van der Waals surface area (Å²) in [6, 6.07) is 7.75. The van der Waals surface area contributed by atoms with Gasteiger partial charge in [0.2, 0.25) is 5.91 Å². The molecule has 2 aliphatic carbocycles. The average molecular weight is 511 g/mol. The van der Waals surface area contributed by atoms with E-state index in [1.807, 2.05) is 17.9 Å². The standard InChI is InChI=1S/C28H30N8O2/c1-15-7-19(15)17-3-4-25-33-22(13-35(25)11-17)23-8-18(37)12-36(23)26-10-24(30-14-31-26)34-28(38)21-9-20(21)27-29-6-5-16(2)32-27/h3-6,10-11,13-15,18-21,23,37H,7-9,12H2,1-2H3,(H,30,31,34,38)/t15-,18-,19-,20-,21-,23+/m0/s1. The van der Waals surface area contributed by atoms with Gasteiger partial charge in [0, 0.05) is 55.2 Å². The average Bonchev–Trinajstić information content (AvgIpc) is 3.77. The van der Waals surface area contributed by atoms with Gasteiger partial charge in [-0.15, -0.1) is 0 Å². The molecular weight excluding hydrogens is 480 g/mol. The van der Waals surface area contributed by atoms with Crippen molar-refractivity contribution < 1.29 is 9.90 Å². The van der Waals surface area contributed by atoms with Crippen molar-refractivity contribution >= 4 is 23.2 Å². The number of carbonyl (C=O) groups is 1. The Morgan fingerprint density at radius 1 is 1.05 bits per heavy atom. The van der Waals surface area contributed by atoms with Crippen molar-refractivity contribution in [2.45, 2.75) is 57.1 Å². The Morgan fingerprint density at radius 3 is 2.74 bits per heavy atom. The highest BCUT2D eigenvalue weighted by Gasteiger charge is 2.46. The van der Waals surface area contributed by atoms with E-state index in [-0.39, 0.29) is 23.8 Å². The molecular formula is C28H30N8O2. The predicted molar refractivity (Wildman–Crippen MR) is 141 cm³/mol. The molecule has 0 spiro atoms. The van der Waals surface area contributed by atoms with E-state index in [0.717, 1.165) is 29.4 Å². The Hall–Kier alpha value is -3.92. The number of aromatic nitrogens is 6. The number of aliphatic hydroxyl groups excluding tert-OH is 1. The van der Waals surface area contributed by atoms with Gasteiger partial charge in [0.05, 0.1) is 17.8 Å². The van der Waals surface area contributed by atoms with Crippen LogP contribution in [0.3, 0.4) is 0 Å². The molecule has 3 aliphatic rings. The van der Waals surface area contributed by atoms with Crippen LogP contribution in [-0.2, 0) is 4.79 Å². The third-order valence-electron chi connectivity index (χ3n) is 8.12. The number of fused-ring (bicyclic) bond motifs is 1. The van der Waals surface area contributed by atoms with Gasteiger partial charge in [-0.1, -0.05) is 13.0 Å². The predicted octanol–water partition coefficient (Wildman–Crippen LogP) is 3.40. The molecule has 4 aromatic heterocycles. The van der Waals surface area contributed by atoms with Gasteiger partial charge in [0.25, 0.3) is 0 Å². The van der Waals surface area contributed by atoms with Crippen LogP contribution in [0.2, 0.25) is 0 Å². The lowest BCUT2D eigenvalue weighted by Gasteiger charge is -2.24. The summed E-state index contributed by atoms with van der Waals surface area (Å²) in [5, 5.41) is 13.5. The maximum atomic E-state index is 12.9. The monoisotopic (exact) mass is 510 g/mol. The number of hydrogen-bond donors (Lipinski definition) is 2. The van der Waals surface area contributed by atoms with Crippen LogP contribution in [0.4, 0.5) is 11.6 Å². The van der Waals surface area contributed by atoms with Crippen LogP contribution in [0, 0.1) is 18.8 Å². The van der Waals surface area contributed by atoms with E-state index in [0.29, 0.717) is 36.3 Å². The number of carbonyl (C=O) groups excluding carboxylic acids is 1. The number of β-amino-alcohol motifs (C(OH)–C–C–N with tert-alkyl or cyclic N) is 1. The molecule has 1 aliphatic heterocycles. The van der Waals surface area contributed by atoms with Gasteiger partial charge in [0.1, 0.15) is 29.4 Å². The summed E-state index contributed by atoms with van der Waals surface area (Å²) >= 11 is 0. The minimum Gasteiger partial charge on any atom is -0.391 e. The summed E-state index contributed by atoms with van der Waals surface area (Å²) in [5.74, 6) is 2.96. The van der Waals surface area contributed by atoms with Crippen LogP contribution in [0.25, 0.3) is 5.65 Å². The highest BCUT2D eigenvalue weighted by molar-refractivity contribution is 5.94. The van der Waals surface area contributed by atoms with Crippen LogP contribution < -0.4 is 10.2 Å². The number of aliphatic hydroxyl groups is 1. The fourth-order valence-corrected chi connectivity index (χ4v) is 5.75. The highest BCUT2D eigenvalue weighted by Crippen LogP contribution is 2.47. The van der Waals surface area contributed by atoms with Crippen molar-refractivity contribution in [2.24, 2.45) is 11.8 Å². The number of hydrogen-bond acceptors (Lipinski definition) is 8. The Labute approximate surface area is 220 Å². The van der Waals surface area contributed by atoms with Crippen LogP contribution in [0.1, 0.15) is 66.8 Å². The molecule has 4 aromatic rings. The number of rotatable bonds is 6. The first-order valence-corrected chi connectivity index (χ1v) is 13.3. The molecule has 10 heteroatoms. The first-order chi connectivity index (χ1) is 18.4. The van der Waals surface area contributed by atoms with Crippen LogP contribution in [0.15, 0.2) is 49.2 Å². The zero-order valence-electron chi connectivity index (χ0n) is 21.4. The Kier molecular flexibility index (Phi) is 5.40. The van der Waals surface area contributed by atoms with E-state index < -0.39 is 6.10 Å². The molecule has 3 fully saturated rings. The van der Waals surface area contributed by atoms with Gasteiger partial charge < -0.3 is 19.7 Å². The van der Waals surface area contributed by atoms with Crippen molar-refractivity contribution in [3.05, 3.63) is 72.0 Å². The van der Waals surface area contributed by atoms with E-state index in [1.165, 1.54) is 18.3 Å². The van der Waals surface area contributed by atoms with Crippen molar-refractivity contribution in [1.29, 1.82) is 0 Å². The van der Waals surface area contributed by atoms with E-state index in [9.17, 15) is 9.90 Å². The van der Waals surface area contributed by atoms with Gasteiger partial charge >= 0.3 is 0 Å². The Morgan fingerprint density at radius 2 is 1.92 bits per heavy atom. The second kappa shape index (κ2) is 8.83. The lowest BCUT2D eigenvalue weighted by molar-refractivity contribution is -0.117. The maximum Gasteiger partial charge on any atom is 0.229 e. The maximum absolute atomic E-state index is 12.9. The van der Waals surface area contributed by atoms with E-state index in [1.54, 1.807) is 12.3 Å². The molecule has 1 amide bonds. The lowest BCUT2D eigenvalue weighted by Crippen LogP contribution is -2.26. The minimum absolute atomic E-state index is 0.0352. The molecule has 194 valence electrons. The number of pyridine rings is 1. The van der Waals surface area contributed by atoms with Crippen molar-refractivity contribution in [3.63, 3.8) is 0 Å². The van der Waals surface area contributed by atoms with Gasteiger partial charge in [0.15, 0.2) is 0 Å². The molecule has 10 nitrogen and oxygen atoms in total. The second-order valence-corrected chi connectivity index (χ2v) is 11.0. The van der Waals surface area contributed by atoms with Crippen molar-refractivity contribution in [1.82, 2.24) is 29.3 Å². The number of amides is 1. The summed E-state index contributed by atoms with van der Waals surface area (Å²) in [5.41, 5.74) is 4.03. The molecule has 38 heavy (non-hydrogen) atoms. The zero-order chi connectivity index (χ0) is 26.0. The SMILES string of the molecule is Cc1ccnc([C@H]2C[C@@H]2C(=O)Nc2cc(N3C[C@@H](O)C[C@@H]3c3cn4cc([C@H]5C[C@@H]5C)ccc4n3)ncn2)n1. The first kappa shape index (κ1) is 23.2. The van der Waals surface area contributed by atoms with Gasteiger partial charge in [-0.3, -0.25) is 4.79 Å². The van der Waals surface area contributed by atoms with E-state index in [4.69, 9.17) is 4.98 Å². The number of nitrogens with zero attached hydrogens (tertiary/aromatic N) is 7. The zero-order valence-corrected chi connectivity index (χ0v) is 21.4. The number of aryl methyl sites for hydroxylation is 1.